The van der Waals surface area contributed by atoms with Gasteiger partial charge in [-0.3, -0.25) is 9.59 Å². The summed E-state index contributed by atoms with van der Waals surface area (Å²) < 4.78 is 4.77. The number of carbonyl (C=O) groups excluding carboxylic acids is 2. The van der Waals surface area contributed by atoms with E-state index in [1.54, 1.807) is 6.92 Å². The lowest BCUT2D eigenvalue weighted by Gasteiger charge is -2.09. The zero-order valence-corrected chi connectivity index (χ0v) is 9.41. The quantitative estimate of drug-likeness (QED) is 0.470. The van der Waals surface area contributed by atoms with Crippen LogP contribution in [0.2, 0.25) is 0 Å². The third-order valence-electron chi connectivity index (χ3n) is 1.91. The lowest BCUT2D eigenvalue weighted by atomic mass is 10.1. The summed E-state index contributed by atoms with van der Waals surface area (Å²) in [7, 11) is 0. The van der Waals surface area contributed by atoms with E-state index < -0.39 is 6.04 Å². The maximum atomic E-state index is 11.1. The van der Waals surface area contributed by atoms with Crippen molar-refractivity contribution in [2.24, 2.45) is 5.73 Å². The summed E-state index contributed by atoms with van der Waals surface area (Å²) >= 11 is 0. The van der Waals surface area contributed by atoms with E-state index >= 15 is 0 Å². The summed E-state index contributed by atoms with van der Waals surface area (Å²) in [5.41, 5.74) is 5.58. The Morgan fingerprint density at radius 3 is 2.60 bits per heavy atom. The van der Waals surface area contributed by atoms with Crippen molar-refractivity contribution in [3.63, 3.8) is 0 Å². The number of nitrogens with two attached hydrogens (primary N) is 1. The minimum absolute atomic E-state index is 0.0373. The average molecular weight is 216 g/mol. The molecule has 3 N–H and O–H groups in total. The van der Waals surface area contributed by atoms with E-state index in [0.717, 1.165) is 12.8 Å². The Hall–Kier alpha value is -1.10. The molecule has 0 aliphatic rings. The van der Waals surface area contributed by atoms with Crippen LogP contribution in [0.4, 0.5) is 0 Å². The molecule has 0 saturated carbocycles. The number of unbranched alkanes of at least 4 members (excludes halogenated alkanes) is 1. The van der Waals surface area contributed by atoms with Crippen LogP contribution in [0, 0.1) is 0 Å². The molecule has 0 bridgehead atoms. The predicted molar refractivity (Wildman–Crippen MR) is 57.1 cm³/mol. The molecule has 5 nitrogen and oxygen atoms in total. The van der Waals surface area contributed by atoms with Crippen LogP contribution in [-0.2, 0) is 14.3 Å². The number of hydrogen-bond acceptors (Lipinski definition) is 4. The Morgan fingerprint density at radius 2 is 2.07 bits per heavy atom. The Bertz CT molecular complexity index is 207. The van der Waals surface area contributed by atoms with Crippen LogP contribution < -0.4 is 11.1 Å². The maximum absolute atomic E-state index is 11.1. The number of rotatable bonds is 7. The molecule has 1 amide bonds. The second-order valence-electron chi connectivity index (χ2n) is 3.34. The largest absolute Gasteiger partial charge is 0.465 e. The van der Waals surface area contributed by atoms with Crippen LogP contribution in [0.3, 0.4) is 0 Å². The zero-order valence-electron chi connectivity index (χ0n) is 9.41. The summed E-state index contributed by atoms with van der Waals surface area (Å²) in [5, 5.41) is 2.68. The molecular formula is C10H20N2O3. The van der Waals surface area contributed by atoms with Gasteiger partial charge in [-0.25, -0.2) is 0 Å². The summed E-state index contributed by atoms with van der Waals surface area (Å²) in [6, 6.07) is -0.540. The van der Waals surface area contributed by atoms with Crippen LogP contribution in [0.1, 0.15) is 33.1 Å². The smallest absolute Gasteiger partial charge is 0.322 e. The van der Waals surface area contributed by atoms with Gasteiger partial charge in [-0.2, -0.15) is 0 Å². The third-order valence-corrected chi connectivity index (χ3v) is 1.91. The molecule has 5 heteroatoms. The lowest BCUT2D eigenvalue weighted by Crippen LogP contribution is -2.32. The second-order valence-corrected chi connectivity index (χ2v) is 3.34. The van der Waals surface area contributed by atoms with Crippen molar-refractivity contribution >= 4 is 11.9 Å². The highest BCUT2D eigenvalue weighted by Gasteiger charge is 2.13. The van der Waals surface area contributed by atoms with Gasteiger partial charge in [0.1, 0.15) is 6.04 Å². The Morgan fingerprint density at radius 1 is 1.40 bits per heavy atom. The second kappa shape index (κ2) is 8.23. The van der Waals surface area contributed by atoms with E-state index in [2.05, 4.69) is 5.32 Å². The molecule has 0 aromatic heterocycles. The Kier molecular flexibility index (Phi) is 7.62. The summed E-state index contributed by atoms with van der Waals surface area (Å²) in [6.45, 7) is 4.22. The molecule has 0 fully saturated rings. The number of carbonyl (C=O) groups is 2. The topological polar surface area (TPSA) is 81.4 Å². The number of hydrogen-bond donors (Lipinski definition) is 2. The van der Waals surface area contributed by atoms with Crippen LogP contribution in [0.15, 0.2) is 0 Å². The highest BCUT2D eigenvalue weighted by molar-refractivity contribution is 5.75. The molecule has 88 valence electrons. The van der Waals surface area contributed by atoms with Gasteiger partial charge in [0.25, 0.3) is 0 Å². The molecule has 0 aliphatic heterocycles. The molecule has 0 spiro atoms. The number of amides is 1. The molecule has 0 saturated heterocycles. The molecule has 0 rings (SSSR count). The minimum Gasteiger partial charge on any atom is -0.465 e. The van der Waals surface area contributed by atoms with Crippen molar-refractivity contribution in [1.29, 1.82) is 0 Å². The lowest BCUT2D eigenvalue weighted by molar-refractivity contribution is -0.144. The van der Waals surface area contributed by atoms with Crippen LogP contribution in [0.5, 0.6) is 0 Å². The molecule has 0 radical (unpaired) electrons. The number of nitrogens with one attached hydrogen (secondary N) is 1. The molecule has 0 aromatic rings. The fraction of sp³-hybridized carbons (Fsp3) is 0.800. The maximum Gasteiger partial charge on any atom is 0.322 e. The van der Waals surface area contributed by atoms with Crippen molar-refractivity contribution in [3.05, 3.63) is 0 Å². The van der Waals surface area contributed by atoms with Gasteiger partial charge in [0.05, 0.1) is 6.61 Å². The normalized spacial score (nSPS) is 11.9. The van der Waals surface area contributed by atoms with Gasteiger partial charge in [-0.1, -0.05) is 0 Å². The molecule has 1 atom stereocenters. The molecule has 0 aromatic carbocycles. The SMILES string of the molecule is CCOC(=O)C(N)CCCCNC(C)=O. The Labute approximate surface area is 90.4 Å². The summed E-state index contributed by atoms with van der Waals surface area (Å²) in [6.07, 6.45) is 2.23. The number of ether oxygens (including phenoxy) is 1. The summed E-state index contributed by atoms with van der Waals surface area (Å²) in [5.74, 6) is -0.387. The van der Waals surface area contributed by atoms with Gasteiger partial charge >= 0.3 is 5.97 Å². The van der Waals surface area contributed by atoms with Gasteiger partial charge in [-0.15, -0.1) is 0 Å². The van der Waals surface area contributed by atoms with Crippen molar-refractivity contribution in [3.8, 4) is 0 Å². The van der Waals surface area contributed by atoms with E-state index in [4.69, 9.17) is 10.5 Å². The molecule has 15 heavy (non-hydrogen) atoms. The fourth-order valence-corrected chi connectivity index (χ4v) is 1.12. The first kappa shape index (κ1) is 13.9. The van der Waals surface area contributed by atoms with E-state index in [1.807, 2.05) is 0 Å². The first-order valence-electron chi connectivity index (χ1n) is 5.24. The molecular weight excluding hydrogens is 196 g/mol. The van der Waals surface area contributed by atoms with Crippen molar-refractivity contribution in [2.75, 3.05) is 13.2 Å². The zero-order chi connectivity index (χ0) is 11.7. The highest BCUT2D eigenvalue weighted by atomic mass is 16.5. The third kappa shape index (κ3) is 7.93. The Balaban J connectivity index is 3.42. The van der Waals surface area contributed by atoms with Crippen molar-refractivity contribution in [1.82, 2.24) is 5.32 Å². The molecule has 1 unspecified atom stereocenters. The van der Waals surface area contributed by atoms with Gasteiger partial charge in [0, 0.05) is 13.5 Å². The van der Waals surface area contributed by atoms with E-state index in [-0.39, 0.29) is 11.9 Å². The van der Waals surface area contributed by atoms with Crippen LogP contribution in [0.25, 0.3) is 0 Å². The van der Waals surface area contributed by atoms with E-state index in [0.29, 0.717) is 19.6 Å². The first-order valence-corrected chi connectivity index (χ1v) is 5.24. The fourth-order valence-electron chi connectivity index (χ4n) is 1.12. The summed E-state index contributed by atoms with van der Waals surface area (Å²) in [4.78, 5) is 21.6. The van der Waals surface area contributed by atoms with E-state index in [1.165, 1.54) is 6.92 Å². The average Bonchev–Trinajstić information content (AvgIpc) is 2.16. The van der Waals surface area contributed by atoms with E-state index in [9.17, 15) is 9.59 Å². The van der Waals surface area contributed by atoms with Crippen molar-refractivity contribution in [2.45, 2.75) is 39.2 Å². The molecule has 0 heterocycles. The van der Waals surface area contributed by atoms with Crippen LogP contribution in [-0.4, -0.2) is 31.1 Å². The van der Waals surface area contributed by atoms with Gasteiger partial charge in [0.15, 0.2) is 0 Å². The standard InChI is InChI=1S/C10H20N2O3/c1-3-15-10(14)9(11)6-4-5-7-12-8(2)13/h9H,3-7,11H2,1-2H3,(H,12,13). The molecule has 0 aliphatic carbocycles. The first-order chi connectivity index (χ1) is 7.07. The monoisotopic (exact) mass is 216 g/mol. The van der Waals surface area contributed by atoms with Gasteiger partial charge in [-0.05, 0) is 26.2 Å². The number of esters is 1. The van der Waals surface area contributed by atoms with Gasteiger partial charge < -0.3 is 15.8 Å². The minimum atomic E-state index is -0.540. The predicted octanol–water partition coefficient (Wildman–Crippen LogP) is 0.183. The van der Waals surface area contributed by atoms with Crippen molar-refractivity contribution < 1.29 is 14.3 Å². The highest BCUT2D eigenvalue weighted by Crippen LogP contribution is 2.00. The van der Waals surface area contributed by atoms with Crippen LogP contribution >= 0.6 is 0 Å². The van der Waals surface area contributed by atoms with Gasteiger partial charge in [0.2, 0.25) is 5.91 Å².